The number of anilines is 1. The summed E-state index contributed by atoms with van der Waals surface area (Å²) >= 11 is 12.6. The van der Waals surface area contributed by atoms with Gasteiger partial charge in [-0.25, -0.2) is 4.68 Å². The highest BCUT2D eigenvalue weighted by atomic mass is 35.5. The Labute approximate surface area is 194 Å². The minimum atomic E-state index is -0.736. The monoisotopic (exact) mass is 467 g/mol. The Morgan fingerprint density at radius 3 is 2.59 bits per heavy atom. The molecule has 0 unspecified atom stereocenters. The summed E-state index contributed by atoms with van der Waals surface area (Å²) in [6.45, 7) is 5.50. The summed E-state index contributed by atoms with van der Waals surface area (Å²) < 4.78 is 1.38. The molecule has 3 rings (SSSR count). The molecule has 0 spiro atoms. The van der Waals surface area contributed by atoms with Gasteiger partial charge in [-0.2, -0.15) is 5.10 Å². The fraction of sp³-hybridized carbons (Fsp3) is 0.0435. The van der Waals surface area contributed by atoms with E-state index >= 15 is 0 Å². The molecular weight excluding hydrogens is 449 g/mol. The zero-order chi connectivity index (χ0) is 23.3. The molecule has 162 valence electrons. The van der Waals surface area contributed by atoms with Crippen LogP contribution in [0.4, 0.5) is 5.82 Å². The van der Waals surface area contributed by atoms with Crippen LogP contribution in [0, 0.1) is 0 Å². The van der Waals surface area contributed by atoms with Crippen molar-refractivity contribution in [2.24, 2.45) is 5.73 Å². The number of carbonyl (C=O) groups is 2. The Morgan fingerprint density at radius 1 is 1.19 bits per heavy atom. The van der Waals surface area contributed by atoms with Crippen LogP contribution in [0.15, 0.2) is 73.5 Å². The summed E-state index contributed by atoms with van der Waals surface area (Å²) in [4.78, 5) is 29.1. The summed E-state index contributed by atoms with van der Waals surface area (Å²) in [6, 6.07) is 9.78. The van der Waals surface area contributed by atoms with E-state index in [1.54, 1.807) is 48.7 Å². The lowest BCUT2D eigenvalue weighted by Crippen LogP contribution is -2.16. The van der Waals surface area contributed by atoms with Crippen molar-refractivity contribution in [1.29, 1.82) is 0 Å². The molecule has 2 aromatic heterocycles. The lowest BCUT2D eigenvalue weighted by Gasteiger charge is -2.12. The van der Waals surface area contributed by atoms with E-state index in [1.807, 2.05) is 13.0 Å². The predicted molar refractivity (Wildman–Crippen MR) is 128 cm³/mol. The number of amides is 2. The van der Waals surface area contributed by atoms with E-state index in [0.29, 0.717) is 22.0 Å². The van der Waals surface area contributed by atoms with Crippen LogP contribution < -0.4 is 11.1 Å². The summed E-state index contributed by atoms with van der Waals surface area (Å²) in [5, 5.41) is 7.44. The first-order valence-electron chi connectivity index (χ1n) is 9.43. The molecule has 3 N–H and O–H groups in total. The highest BCUT2D eigenvalue weighted by molar-refractivity contribution is 6.38. The molecule has 0 aliphatic carbocycles. The molecule has 1 aromatic carbocycles. The molecule has 0 radical (unpaired) electrons. The van der Waals surface area contributed by atoms with Crippen LogP contribution >= 0.6 is 23.2 Å². The van der Waals surface area contributed by atoms with Crippen LogP contribution in [0.5, 0.6) is 0 Å². The summed E-state index contributed by atoms with van der Waals surface area (Å²) in [5.41, 5.74) is 7.24. The van der Waals surface area contributed by atoms with E-state index in [-0.39, 0.29) is 22.1 Å². The maximum Gasteiger partial charge on any atom is 0.269 e. The lowest BCUT2D eigenvalue weighted by atomic mass is 10.1. The third kappa shape index (κ3) is 4.96. The number of halogens is 2. The van der Waals surface area contributed by atoms with Gasteiger partial charge in [-0.15, -0.1) is 0 Å². The number of allylic oxidation sites excluding steroid dienone is 5. The number of aromatic nitrogens is 3. The number of nitrogens with two attached hydrogens (primary N) is 1. The minimum absolute atomic E-state index is 0.0175. The van der Waals surface area contributed by atoms with Gasteiger partial charge in [0, 0.05) is 17.8 Å². The number of carbonyl (C=O) groups excluding carboxylic acids is 2. The largest absolute Gasteiger partial charge is 0.364 e. The second-order valence-corrected chi connectivity index (χ2v) is 7.31. The average molecular weight is 468 g/mol. The van der Waals surface area contributed by atoms with Crippen molar-refractivity contribution in [3.05, 3.63) is 94.8 Å². The molecule has 0 aliphatic heterocycles. The van der Waals surface area contributed by atoms with Gasteiger partial charge in [0.15, 0.2) is 5.69 Å². The highest BCUT2D eigenvalue weighted by Crippen LogP contribution is 2.32. The van der Waals surface area contributed by atoms with Crippen molar-refractivity contribution in [1.82, 2.24) is 14.8 Å². The number of primary amides is 1. The molecule has 7 nitrogen and oxygen atoms in total. The van der Waals surface area contributed by atoms with Crippen LogP contribution in [0.25, 0.3) is 17.0 Å². The third-order valence-corrected chi connectivity index (χ3v) is 4.94. The SMILES string of the molecule is C=C/C=C(\C=C/C)n1nc(C(N)=O)cc1NC(=O)c1cc(-c2ccccn2)c(Cl)cc1Cl. The Morgan fingerprint density at radius 2 is 1.97 bits per heavy atom. The Bertz CT molecular complexity index is 1250. The Hall–Kier alpha value is -3.68. The first-order chi connectivity index (χ1) is 15.3. The predicted octanol–water partition coefficient (Wildman–Crippen LogP) is 5.21. The van der Waals surface area contributed by atoms with E-state index < -0.39 is 11.8 Å². The smallest absolute Gasteiger partial charge is 0.269 e. The number of pyridine rings is 1. The van der Waals surface area contributed by atoms with Crippen LogP contribution in [-0.2, 0) is 0 Å². The van der Waals surface area contributed by atoms with Gasteiger partial charge in [0.05, 0.1) is 27.0 Å². The van der Waals surface area contributed by atoms with Gasteiger partial charge in [-0.05, 0) is 43.3 Å². The number of nitrogens with one attached hydrogen (secondary N) is 1. The maximum atomic E-state index is 13.1. The van der Waals surface area contributed by atoms with Gasteiger partial charge in [0.1, 0.15) is 5.82 Å². The van der Waals surface area contributed by atoms with E-state index in [9.17, 15) is 9.59 Å². The number of benzene rings is 1. The van der Waals surface area contributed by atoms with Crippen molar-refractivity contribution >= 4 is 46.5 Å². The van der Waals surface area contributed by atoms with E-state index in [2.05, 4.69) is 22.0 Å². The van der Waals surface area contributed by atoms with Crippen molar-refractivity contribution in [3.8, 4) is 11.3 Å². The van der Waals surface area contributed by atoms with Gasteiger partial charge >= 0.3 is 0 Å². The van der Waals surface area contributed by atoms with Crippen LogP contribution in [0.3, 0.4) is 0 Å². The second-order valence-electron chi connectivity index (χ2n) is 6.50. The molecule has 0 saturated carbocycles. The number of hydrogen-bond donors (Lipinski definition) is 2. The maximum absolute atomic E-state index is 13.1. The van der Waals surface area contributed by atoms with Crippen LogP contribution in [0.1, 0.15) is 27.8 Å². The molecule has 0 bridgehead atoms. The Kier molecular flexibility index (Phi) is 7.25. The van der Waals surface area contributed by atoms with Gasteiger partial charge in [-0.3, -0.25) is 14.6 Å². The first kappa shape index (κ1) is 23.0. The van der Waals surface area contributed by atoms with Gasteiger partial charge in [0.2, 0.25) is 0 Å². The third-order valence-electron chi connectivity index (χ3n) is 4.32. The molecule has 2 amide bonds. The second kappa shape index (κ2) is 10.1. The first-order valence-corrected chi connectivity index (χ1v) is 10.2. The van der Waals surface area contributed by atoms with Crippen molar-refractivity contribution in [3.63, 3.8) is 0 Å². The van der Waals surface area contributed by atoms with Crippen LogP contribution in [0.2, 0.25) is 10.0 Å². The van der Waals surface area contributed by atoms with Crippen molar-refractivity contribution < 1.29 is 9.59 Å². The summed E-state index contributed by atoms with van der Waals surface area (Å²) in [7, 11) is 0. The van der Waals surface area contributed by atoms with Crippen molar-refractivity contribution in [2.45, 2.75) is 6.92 Å². The molecule has 0 atom stereocenters. The van der Waals surface area contributed by atoms with Gasteiger partial charge in [0.25, 0.3) is 11.8 Å². The number of hydrogen-bond acceptors (Lipinski definition) is 4. The summed E-state index contributed by atoms with van der Waals surface area (Å²) in [6.07, 6.45) is 8.37. The molecule has 0 fully saturated rings. The fourth-order valence-corrected chi connectivity index (χ4v) is 3.47. The van der Waals surface area contributed by atoms with Gasteiger partial charge in [-0.1, -0.05) is 48.0 Å². The van der Waals surface area contributed by atoms with Gasteiger partial charge < -0.3 is 11.1 Å². The molecule has 3 aromatic rings. The summed E-state index contributed by atoms with van der Waals surface area (Å²) in [5.74, 6) is -1.04. The fourth-order valence-electron chi connectivity index (χ4n) is 2.90. The normalized spacial score (nSPS) is 11.5. The number of rotatable bonds is 7. The molecule has 32 heavy (non-hydrogen) atoms. The zero-order valence-electron chi connectivity index (χ0n) is 17.0. The van der Waals surface area contributed by atoms with Crippen LogP contribution in [-0.4, -0.2) is 26.6 Å². The van der Waals surface area contributed by atoms with E-state index in [0.717, 1.165) is 0 Å². The topological polar surface area (TPSA) is 103 Å². The molecule has 2 heterocycles. The quantitative estimate of drug-likeness (QED) is 0.465. The highest BCUT2D eigenvalue weighted by Gasteiger charge is 2.20. The van der Waals surface area contributed by atoms with E-state index in [1.165, 1.54) is 16.8 Å². The number of nitrogens with zero attached hydrogens (tertiary/aromatic N) is 3. The molecule has 0 saturated heterocycles. The van der Waals surface area contributed by atoms with E-state index in [4.69, 9.17) is 28.9 Å². The minimum Gasteiger partial charge on any atom is -0.364 e. The average Bonchev–Trinajstić information content (AvgIpc) is 3.18. The Balaban J connectivity index is 2.05. The lowest BCUT2D eigenvalue weighted by molar-refractivity contribution is 0.0992. The van der Waals surface area contributed by atoms with Crippen molar-refractivity contribution in [2.75, 3.05) is 5.32 Å². The molecule has 9 heteroatoms. The standard InChI is InChI=1S/C23H19Cl2N5O2/c1-3-7-14(8-4-2)30-21(13-20(29-30)22(26)31)28-23(32)16-11-15(17(24)12-18(16)25)19-9-5-6-10-27-19/h3-13H,1H2,2H3,(H2,26,31)(H,28,32)/b8-4-,14-7+. The molecular formula is C23H19Cl2N5O2. The molecule has 0 aliphatic rings. The zero-order valence-corrected chi connectivity index (χ0v) is 18.6.